The van der Waals surface area contributed by atoms with Crippen molar-refractivity contribution in [2.75, 3.05) is 6.61 Å². The third-order valence-corrected chi connectivity index (χ3v) is 3.30. The SMILES string of the molecule is CC(CO)NC(=O)c1ccc(OCc2ccccc2C#N)cc1. The summed E-state index contributed by atoms with van der Waals surface area (Å²) in [6.45, 7) is 1.91. The van der Waals surface area contributed by atoms with Crippen LogP contribution in [-0.2, 0) is 6.61 Å². The number of hydrogen-bond acceptors (Lipinski definition) is 4. The van der Waals surface area contributed by atoms with E-state index in [1.165, 1.54) is 0 Å². The Labute approximate surface area is 135 Å². The minimum atomic E-state index is -0.291. The summed E-state index contributed by atoms with van der Waals surface area (Å²) in [5.41, 5.74) is 1.89. The second kappa shape index (κ2) is 7.97. The molecule has 0 heterocycles. The van der Waals surface area contributed by atoms with Gasteiger partial charge < -0.3 is 15.2 Å². The Morgan fingerprint density at radius 2 is 1.96 bits per heavy atom. The maximum Gasteiger partial charge on any atom is 0.251 e. The van der Waals surface area contributed by atoms with E-state index in [1.54, 1.807) is 37.3 Å². The van der Waals surface area contributed by atoms with Crippen molar-refractivity contribution in [3.63, 3.8) is 0 Å². The maximum absolute atomic E-state index is 11.9. The first-order valence-electron chi connectivity index (χ1n) is 7.26. The molecule has 118 valence electrons. The Morgan fingerprint density at radius 3 is 2.61 bits per heavy atom. The van der Waals surface area contributed by atoms with E-state index in [2.05, 4.69) is 11.4 Å². The molecule has 5 nitrogen and oxygen atoms in total. The Kier molecular flexibility index (Phi) is 5.73. The molecule has 2 aromatic carbocycles. The van der Waals surface area contributed by atoms with Crippen LogP contribution in [0.3, 0.4) is 0 Å². The molecule has 23 heavy (non-hydrogen) atoms. The molecule has 0 saturated heterocycles. The molecular weight excluding hydrogens is 292 g/mol. The zero-order chi connectivity index (χ0) is 16.7. The number of nitrogens with zero attached hydrogens (tertiary/aromatic N) is 1. The van der Waals surface area contributed by atoms with Crippen LogP contribution in [0.1, 0.15) is 28.4 Å². The van der Waals surface area contributed by atoms with Crippen LogP contribution >= 0.6 is 0 Å². The third kappa shape index (κ3) is 4.56. The molecule has 2 rings (SSSR count). The second-order valence-electron chi connectivity index (χ2n) is 5.14. The minimum Gasteiger partial charge on any atom is -0.489 e. The van der Waals surface area contributed by atoms with Gasteiger partial charge in [0.1, 0.15) is 12.4 Å². The molecule has 0 radical (unpaired) electrons. The van der Waals surface area contributed by atoms with E-state index < -0.39 is 0 Å². The summed E-state index contributed by atoms with van der Waals surface area (Å²) in [6, 6.07) is 15.8. The van der Waals surface area contributed by atoms with Gasteiger partial charge in [-0.05, 0) is 37.3 Å². The predicted octanol–water partition coefficient (Wildman–Crippen LogP) is 2.25. The van der Waals surface area contributed by atoms with Crippen molar-refractivity contribution >= 4 is 5.91 Å². The molecule has 0 fully saturated rings. The molecule has 2 N–H and O–H groups in total. The number of nitrogens with one attached hydrogen (secondary N) is 1. The number of aliphatic hydroxyl groups is 1. The molecule has 0 bridgehead atoms. The van der Waals surface area contributed by atoms with E-state index in [9.17, 15) is 4.79 Å². The first-order chi connectivity index (χ1) is 11.1. The Bertz CT molecular complexity index is 705. The molecule has 0 aliphatic heterocycles. The van der Waals surface area contributed by atoms with Crippen molar-refractivity contribution in [1.29, 1.82) is 5.26 Å². The minimum absolute atomic E-state index is 0.106. The van der Waals surface area contributed by atoms with Crippen molar-refractivity contribution in [3.8, 4) is 11.8 Å². The highest BCUT2D eigenvalue weighted by Gasteiger charge is 2.09. The summed E-state index contributed by atoms with van der Waals surface area (Å²) in [5, 5.41) is 20.6. The van der Waals surface area contributed by atoms with Gasteiger partial charge in [0.05, 0.1) is 18.2 Å². The van der Waals surface area contributed by atoms with Crippen molar-refractivity contribution < 1.29 is 14.6 Å². The number of hydrogen-bond donors (Lipinski definition) is 2. The van der Waals surface area contributed by atoms with Crippen molar-refractivity contribution in [1.82, 2.24) is 5.32 Å². The molecule has 2 aromatic rings. The van der Waals surface area contributed by atoms with Gasteiger partial charge in [-0.3, -0.25) is 4.79 Å². The number of benzene rings is 2. The van der Waals surface area contributed by atoms with E-state index in [4.69, 9.17) is 15.1 Å². The fraction of sp³-hybridized carbons (Fsp3) is 0.222. The summed E-state index contributed by atoms with van der Waals surface area (Å²) >= 11 is 0. The van der Waals surface area contributed by atoms with Gasteiger partial charge in [-0.1, -0.05) is 18.2 Å². The average Bonchev–Trinajstić information content (AvgIpc) is 2.60. The monoisotopic (exact) mass is 310 g/mol. The van der Waals surface area contributed by atoms with Crippen LogP contribution in [0.15, 0.2) is 48.5 Å². The van der Waals surface area contributed by atoms with Crippen molar-refractivity contribution in [2.24, 2.45) is 0 Å². The molecule has 0 aliphatic rings. The van der Waals surface area contributed by atoms with Crippen LogP contribution < -0.4 is 10.1 Å². The molecule has 5 heteroatoms. The number of ether oxygens (including phenoxy) is 1. The topological polar surface area (TPSA) is 82.3 Å². The predicted molar refractivity (Wildman–Crippen MR) is 85.9 cm³/mol. The van der Waals surface area contributed by atoms with E-state index >= 15 is 0 Å². The van der Waals surface area contributed by atoms with Gasteiger partial charge in [0, 0.05) is 17.2 Å². The van der Waals surface area contributed by atoms with E-state index in [-0.39, 0.29) is 25.2 Å². The van der Waals surface area contributed by atoms with Gasteiger partial charge >= 0.3 is 0 Å². The number of carbonyl (C=O) groups is 1. The molecule has 1 atom stereocenters. The quantitative estimate of drug-likeness (QED) is 0.857. The van der Waals surface area contributed by atoms with Crippen molar-refractivity contribution in [2.45, 2.75) is 19.6 Å². The second-order valence-corrected chi connectivity index (χ2v) is 5.14. The summed E-state index contributed by atoms with van der Waals surface area (Å²) in [6.07, 6.45) is 0. The smallest absolute Gasteiger partial charge is 0.251 e. The van der Waals surface area contributed by atoms with Crippen LogP contribution in [0.2, 0.25) is 0 Å². The first-order valence-corrected chi connectivity index (χ1v) is 7.26. The number of carbonyl (C=O) groups excluding carboxylic acids is 1. The molecular formula is C18H18N2O3. The molecule has 1 unspecified atom stereocenters. The largest absolute Gasteiger partial charge is 0.489 e. The Morgan fingerprint density at radius 1 is 1.26 bits per heavy atom. The fourth-order valence-corrected chi connectivity index (χ4v) is 1.97. The van der Waals surface area contributed by atoms with E-state index in [1.807, 2.05) is 18.2 Å². The lowest BCUT2D eigenvalue weighted by Crippen LogP contribution is -2.34. The Balaban J connectivity index is 1.98. The summed E-state index contributed by atoms with van der Waals surface area (Å²) in [5.74, 6) is 0.373. The van der Waals surface area contributed by atoms with Gasteiger partial charge in [-0.2, -0.15) is 5.26 Å². The highest BCUT2D eigenvalue weighted by molar-refractivity contribution is 5.94. The van der Waals surface area contributed by atoms with Gasteiger partial charge in [0.25, 0.3) is 5.91 Å². The molecule has 0 saturated carbocycles. The van der Waals surface area contributed by atoms with Gasteiger partial charge in [-0.25, -0.2) is 0 Å². The van der Waals surface area contributed by atoms with Gasteiger partial charge in [0.15, 0.2) is 0 Å². The lowest BCUT2D eigenvalue weighted by molar-refractivity contribution is 0.0922. The average molecular weight is 310 g/mol. The van der Waals surface area contributed by atoms with Crippen LogP contribution in [0.25, 0.3) is 0 Å². The van der Waals surface area contributed by atoms with Crippen molar-refractivity contribution in [3.05, 3.63) is 65.2 Å². The lowest BCUT2D eigenvalue weighted by Gasteiger charge is -2.11. The summed E-state index contributed by atoms with van der Waals surface area (Å²) < 4.78 is 5.65. The summed E-state index contributed by atoms with van der Waals surface area (Å²) in [7, 11) is 0. The van der Waals surface area contributed by atoms with E-state index in [0.717, 1.165) is 5.56 Å². The number of amides is 1. The van der Waals surface area contributed by atoms with Gasteiger partial charge in [-0.15, -0.1) is 0 Å². The molecule has 0 aliphatic carbocycles. The zero-order valence-corrected chi connectivity index (χ0v) is 12.8. The lowest BCUT2D eigenvalue weighted by atomic mass is 10.1. The van der Waals surface area contributed by atoms with Gasteiger partial charge in [0.2, 0.25) is 0 Å². The highest BCUT2D eigenvalue weighted by Crippen LogP contribution is 2.16. The molecule has 0 spiro atoms. The normalized spacial score (nSPS) is 11.3. The molecule has 1 amide bonds. The standard InChI is InChI=1S/C18H18N2O3/c1-13(11-21)20-18(22)14-6-8-17(9-7-14)23-12-16-5-3-2-4-15(16)10-19/h2-9,13,21H,11-12H2,1H3,(H,20,22). The highest BCUT2D eigenvalue weighted by atomic mass is 16.5. The van der Waals surface area contributed by atoms with Crippen LogP contribution in [0.4, 0.5) is 0 Å². The zero-order valence-electron chi connectivity index (χ0n) is 12.8. The van der Waals surface area contributed by atoms with Crippen LogP contribution in [-0.4, -0.2) is 23.7 Å². The fourth-order valence-electron chi connectivity index (χ4n) is 1.97. The van der Waals surface area contributed by atoms with Crippen LogP contribution in [0.5, 0.6) is 5.75 Å². The van der Waals surface area contributed by atoms with E-state index in [0.29, 0.717) is 16.9 Å². The third-order valence-electron chi connectivity index (χ3n) is 3.30. The summed E-state index contributed by atoms with van der Waals surface area (Å²) in [4.78, 5) is 11.9. The number of aliphatic hydroxyl groups excluding tert-OH is 1. The first kappa shape index (κ1) is 16.5. The molecule has 0 aromatic heterocycles. The number of nitriles is 1. The Hall–Kier alpha value is -2.84. The maximum atomic E-state index is 11.9. The van der Waals surface area contributed by atoms with Crippen LogP contribution in [0, 0.1) is 11.3 Å². The number of rotatable bonds is 6.